The molecule has 0 fully saturated rings. The second kappa shape index (κ2) is 9.88. The predicted molar refractivity (Wildman–Crippen MR) is 132 cm³/mol. The monoisotopic (exact) mass is 509 g/mol. The van der Waals surface area contributed by atoms with Crippen LogP contribution in [-0.4, -0.2) is 71.3 Å². The lowest BCUT2D eigenvalue weighted by Crippen LogP contribution is -2.38. The Balaban J connectivity index is 2.01. The standard InChI is InChI=1S/C22H27N3O5S3/c1-5-24(6-2)13-14-25(21(26)16-7-9-17(10-8-16)32(3,27)28)22-23-19-12-11-18(33(4,29)30)15-20(19)31-22/h7-12,15H,5-6,13-14H2,1-4H3. The van der Waals surface area contributed by atoms with Crippen molar-refractivity contribution in [2.24, 2.45) is 0 Å². The number of aromatic nitrogens is 1. The van der Waals surface area contributed by atoms with Gasteiger partial charge in [0.15, 0.2) is 24.8 Å². The molecule has 0 spiro atoms. The van der Waals surface area contributed by atoms with Crippen LogP contribution in [0.1, 0.15) is 24.2 Å². The molecule has 178 valence electrons. The minimum Gasteiger partial charge on any atom is -0.302 e. The summed E-state index contributed by atoms with van der Waals surface area (Å²) in [6.45, 7) is 6.77. The number of likely N-dealkylation sites (N-methyl/N-ethyl adjacent to an activating group) is 1. The normalized spacial score (nSPS) is 12.4. The molecule has 3 aromatic rings. The highest BCUT2D eigenvalue weighted by Crippen LogP contribution is 2.31. The van der Waals surface area contributed by atoms with Crippen LogP contribution >= 0.6 is 11.3 Å². The summed E-state index contributed by atoms with van der Waals surface area (Å²) in [6.07, 6.45) is 2.27. The zero-order valence-electron chi connectivity index (χ0n) is 19.0. The number of carbonyl (C=O) groups excluding carboxylic acids is 1. The molecule has 1 aromatic heterocycles. The first-order valence-electron chi connectivity index (χ1n) is 10.4. The number of hydrogen-bond donors (Lipinski definition) is 0. The van der Waals surface area contributed by atoms with E-state index in [1.807, 2.05) is 13.8 Å². The summed E-state index contributed by atoms with van der Waals surface area (Å²) < 4.78 is 48.0. The highest BCUT2D eigenvalue weighted by Gasteiger charge is 2.23. The summed E-state index contributed by atoms with van der Waals surface area (Å²) in [7, 11) is -6.74. The van der Waals surface area contributed by atoms with E-state index < -0.39 is 19.7 Å². The number of sulfone groups is 2. The van der Waals surface area contributed by atoms with Gasteiger partial charge in [-0.05, 0) is 55.6 Å². The molecule has 33 heavy (non-hydrogen) atoms. The molecule has 0 unspecified atom stereocenters. The molecule has 2 aromatic carbocycles. The number of fused-ring (bicyclic) bond motifs is 1. The van der Waals surface area contributed by atoms with Gasteiger partial charge >= 0.3 is 0 Å². The van der Waals surface area contributed by atoms with E-state index in [0.717, 1.165) is 25.6 Å². The fraction of sp³-hybridized carbons (Fsp3) is 0.364. The van der Waals surface area contributed by atoms with Crippen LogP contribution in [0.4, 0.5) is 5.13 Å². The van der Waals surface area contributed by atoms with Gasteiger partial charge in [0.2, 0.25) is 0 Å². The van der Waals surface area contributed by atoms with Crippen LogP contribution in [0.2, 0.25) is 0 Å². The van der Waals surface area contributed by atoms with Crippen molar-refractivity contribution in [2.75, 3.05) is 43.6 Å². The van der Waals surface area contributed by atoms with Crippen molar-refractivity contribution < 1.29 is 21.6 Å². The number of thiazole rings is 1. The van der Waals surface area contributed by atoms with Crippen molar-refractivity contribution in [3.63, 3.8) is 0 Å². The van der Waals surface area contributed by atoms with E-state index in [1.165, 1.54) is 41.7 Å². The second-order valence-electron chi connectivity index (χ2n) is 7.68. The molecule has 0 saturated carbocycles. The second-order valence-corrected chi connectivity index (χ2v) is 12.7. The summed E-state index contributed by atoms with van der Waals surface area (Å²) in [5.41, 5.74) is 0.952. The number of amides is 1. The molecule has 0 aliphatic rings. The average Bonchev–Trinajstić information content (AvgIpc) is 3.18. The molecule has 0 saturated heterocycles. The first-order chi connectivity index (χ1) is 15.4. The molecule has 0 bridgehead atoms. The molecule has 0 radical (unpaired) electrons. The Bertz CT molecular complexity index is 1360. The molecule has 0 aliphatic carbocycles. The molecule has 11 heteroatoms. The fourth-order valence-corrected chi connectivity index (χ4v) is 5.69. The number of carbonyl (C=O) groups is 1. The molecular formula is C22H27N3O5S3. The fourth-order valence-electron chi connectivity index (χ4n) is 3.30. The van der Waals surface area contributed by atoms with Gasteiger partial charge in [-0.2, -0.15) is 0 Å². The number of benzene rings is 2. The highest BCUT2D eigenvalue weighted by molar-refractivity contribution is 7.91. The van der Waals surface area contributed by atoms with Gasteiger partial charge in [0.1, 0.15) is 0 Å². The van der Waals surface area contributed by atoms with Gasteiger partial charge in [-0.25, -0.2) is 21.8 Å². The highest BCUT2D eigenvalue weighted by atomic mass is 32.2. The van der Waals surface area contributed by atoms with Crippen molar-refractivity contribution in [3.05, 3.63) is 48.0 Å². The van der Waals surface area contributed by atoms with Gasteiger partial charge < -0.3 is 4.90 Å². The zero-order chi connectivity index (χ0) is 24.4. The van der Waals surface area contributed by atoms with E-state index >= 15 is 0 Å². The Morgan fingerprint density at radius 1 is 0.879 bits per heavy atom. The number of hydrogen-bond acceptors (Lipinski definition) is 8. The van der Waals surface area contributed by atoms with Crippen molar-refractivity contribution in [3.8, 4) is 0 Å². The molecule has 1 amide bonds. The predicted octanol–water partition coefficient (Wildman–Crippen LogP) is 3.09. The largest absolute Gasteiger partial charge is 0.302 e. The summed E-state index contributed by atoms with van der Waals surface area (Å²) in [5.74, 6) is -0.301. The van der Waals surface area contributed by atoms with Crippen molar-refractivity contribution in [1.29, 1.82) is 0 Å². The van der Waals surface area contributed by atoms with Gasteiger partial charge in [0.05, 0.1) is 20.0 Å². The van der Waals surface area contributed by atoms with Gasteiger partial charge in [-0.15, -0.1) is 0 Å². The van der Waals surface area contributed by atoms with Crippen LogP contribution in [0.3, 0.4) is 0 Å². The SMILES string of the molecule is CCN(CC)CCN(C(=O)c1ccc(S(C)(=O)=O)cc1)c1nc2ccc(S(C)(=O)=O)cc2s1. The Hall–Kier alpha value is -2.34. The molecule has 0 N–H and O–H groups in total. The first-order valence-corrected chi connectivity index (χ1v) is 15.0. The van der Waals surface area contributed by atoms with Crippen LogP contribution < -0.4 is 4.90 Å². The minimum absolute atomic E-state index is 0.141. The molecular weight excluding hydrogens is 482 g/mol. The molecule has 1 heterocycles. The quantitative estimate of drug-likeness (QED) is 0.436. The lowest BCUT2D eigenvalue weighted by molar-refractivity contribution is 0.0983. The lowest BCUT2D eigenvalue weighted by Gasteiger charge is -2.24. The van der Waals surface area contributed by atoms with Crippen LogP contribution in [0.5, 0.6) is 0 Å². The lowest BCUT2D eigenvalue weighted by atomic mass is 10.2. The summed E-state index contributed by atoms with van der Waals surface area (Å²) >= 11 is 1.25. The third kappa shape index (κ3) is 5.97. The Morgan fingerprint density at radius 2 is 1.45 bits per heavy atom. The number of rotatable bonds is 9. The summed E-state index contributed by atoms with van der Waals surface area (Å²) in [5, 5.41) is 0.458. The van der Waals surface area contributed by atoms with Crippen LogP contribution in [0.15, 0.2) is 52.3 Å². The maximum atomic E-state index is 13.4. The zero-order valence-corrected chi connectivity index (χ0v) is 21.4. The van der Waals surface area contributed by atoms with Gasteiger partial charge in [0, 0.05) is 31.2 Å². The van der Waals surface area contributed by atoms with E-state index in [4.69, 9.17) is 0 Å². The smallest absolute Gasteiger partial charge is 0.260 e. The maximum Gasteiger partial charge on any atom is 0.260 e. The van der Waals surface area contributed by atoms with Crippen LogP contribution in [0, 0.1) is 0 Å². The number of nitrogens with zero attached hydrogens (tertiary/aromatic N) is 3. The Labute approximate surface area is 198 Å². The van der Waals surface area contributed by atoms with Crippen molar-refractivity contribution in [2.45, 2.75) is 23.6 Å². The minimum atomic E-state index is -3.37. The third-order valence-electron chi connectivity index (χ3n) is 5.32. The third-order valence-corrected chi connectivity index (χ3v) is 8.60. The summed E-state index contributed by atoms with van der Waals surface area (Å²) in [4.78, 5) is 22.1. The van der Waals surface area contributed by atoms with Gasteiger partial charge in [0.25, 0.3) is 5.91 Å². The number of anilines is 1. The van der Waals surface area contributed by atoms with Crippen LogP contribution in [-0.2, 0) is 19.7 Å². The van der Waals surface area contributed by atoms with Crippen LogP contribution in [0.25, 0.3) is 10.2 Å². The Morgan fingerprint density at radius 3 is 2.00 bits per heavy atom. The summed E-state index contributed by atoms with van der Waals surface area (Å²) in [6, 6.07) is 10.5. The van der Waals surface area contributed by atoms with E-state index in [1.54, 1.807) is 17.0 Å². The average molecular weight is 510 g/mol. The Kier molecular flexibility index (Phi) is 7.57. The van der Waals surface area contributed by atoms with E-state index in [0.29, 0.717) is 34.0 Å². The molecule has 0 aliphatic heterocycles. The molecule has 0 atom stereocenters. The van der Waals surface area contributed by atoms with Gasteiger partial charge in [-0.1, -0.05) is 25.2 Å². The molecule has 8 nitrogen and oxygen atoms in total. The van der Waals surface area contributed by atoms with Crippen molar-refractivity contribution >= 4 is 52.3 Å². The van der Waals surface area contributed by atoms with Gasteiger partial charge in [-0.3, -0.25) is 9.69 Å². The van der Waals surface area contributed by atoms with E-state index in [-0.39, 0.29) is 15.7 Å². The van der Waals surface area contributed by atoms with E-state index in [2.05, 4.69) is 9.88 Å². The topological polar surface area (TPSA) is 105 Å². The maximum absolute atomic E-state index is 13.4. The first kappa shape index (κ1) is 25.3. The molecule has 3 rings (SSSR count). The van der Waals surface area contributed by atoms with E-state index in [9.17, 15) is 21.6 Å². The van der Waals surface area contributed by atoms with Crippen molar-refractivity contribution in [1.82, 2.24) is 9.88 Å².